The predicted octanol–water partition coefficient (Wildman–Crippen LogP) is 2.26. The van der Waals surface area contributed by atoms with Gasteiger partial charge in [-0.1, -0.05) is 6.07 Å². The molecule has 9 heteroatoms. The number of carbonyl (C=O) groups excluding carboxylic acids is 1. The molecule has 0 spiro atoms. The number of nitrogens with one attached hydrogen (secondary N) is 1. The SMILES string of the molecule is C[C@H]1CNC(=O)c2ccc(-c3nc(N4C[C@@H](O)[C@@H]4C)nc4c3CCC4(F)F)cc2O1. The number of hydrogen-bond acceptors (Lipinski definition) is 6. The number of ether oxygens (including phenoxy) is 1. The molecule has 3 heterocycles. The van der Waals surface area contributed by atoms with Crippen molar-refractivity contribution in [2.75, 3.05) is 18.0 Å². The lowest BCUT2D eigenvalue weighted by Gasteiger charge is -2.43. The average molecular weight is 416 g/mol. The number of anilines is 1. The molecular weight excluding hydrogens is 394 g/mol. The normalized spacial score (nSPS) is 26.8. The molecule has 0 bridgehead atoms. The molecule has 1 fully saturated rings. The zero-order valence-electron chi connectivity index (χ0n) is 16.7. The third-order valence-electron chi connectivity index (χ3n) is 6.10. The number of rotatable bonds is 2. The zero-order valence-corrected chi connectivity index (χ0v) is 16.7. The van der Waals surface area contributed by atoms with Gasteiger partial charge in [-0.05, 0) is 32.4 Å². The van der Waals surface area contributed by atoms with E-state index in [2.05, 4.69) is 15.3 Å². The van der Waals surface area contributed by atoms with Gasteiger partial charge in [-0.25, -0.2) is 9.97 Å². The largest absolute Gasteiger partial charge is 0.488 e. The van der Waals surface area contributed by atoms with Crippen LogP contribution in [0.25, 0.3) is 11.3 Å². The van der Waals surface area contributed by atoms with Gasteiger partial charge in [0, 0.05) is 24.1 Å². The number of nitrogens with zero attached hydrogens (tertiary/aromatic N) is 3. The molecule has 1 aliphatic carbocycles. The Hall–Kier alpha value is -2.81. The van der Waals surface area contributed by atoms with Gasteiger partial charge in [0.2, 0.25) is 5.95 Å². The Morgan fingerprint density at radius 3 is 2.83 bits per heavy atom. The van der Waals surface area contributed by atoms with E-state index in [0.29, 0.717) is 41.2 Å². The summed E-state index contributed by atoms with van der Waals surface area (Å²) in [6, 6.07) is 4.78. The van der Waals surface area contributed by atoms with Crippen molar-refractivity contribution in [2.24, 2.45) is 0 Å². The highest BCUT2D eigenvalue weighted by Gasteiger charge is 2.45. The van der Waals surface area contributed by atoms with Gasteiger partial charge in [-0.2, -0.15) is 8.78 Å². The van der Waals surface area contributed by atoms with Crippen molar-refractivity contribution in [1.82, 2.24) is 15.3 Å². The molecule has 1 aromatic heterocycles. The lowest BCUT2D eigenvalue weighted by Crippen LogP contribution is -2.59. The molecule has 2 N–H and O–H groups in total. The zero-order chi connectivity index (χ0) is 21.2. The van der Waals surface area contributed by atoms with Crippen molar-refractivity contribution in [3.05, 3.63) is 35.0 Å². The summed E-state index contributed by atoms with van der Waals surface area (Å²) in [5, 5.41) is 12.6. The van der Waals surface area contributed by atoms with E-state index in [9.17, 15) is 18.7 Å². The fourth-order valence-corrected chi connectivity index (χ4v) is 4.18. The van der Waals surface area contributed by atoms with Gasteiger partial charge < -0.3 is 20.1 Å². The summed E-state index contributed by atoms with van der Waals surface area (Å²) < 4.78 is 35.0. The molecule has 1 saturated heterocycles. The van der Waals surface area contributed by atoms with Gasteiger partial charge in [-0.15, -0.1) is 0 Å². The van der Waals surface area contributed by atoms with Crippen LogP contribution in [0.1, 0.15) is 41.9 Å². The van der Waals surface area contributed by atoms with Gasteiger partial charge >= 0.3 is 0 Å². The maximum atomic E-state index is 14.6. The van der Waals surface area contributed by atoms with E-state index in [1.807, 2.05) is 6.92 Å². The van der Waals surface area contributed by atoms with Crippen molar-refractivity contribution in [1.29, 1.82) is 0 Å². The Balaban J connectivity index is 1.64. The number of fused-ring (bicyclic) bond motifs is 2. The molecule has 2 aromatic rings. The molecule has 3 aliphatic rings. The number of alkyl halides is 2. The molecule has 158 valence electrons. The third kappa shape index (κ3) is 2.91. The standard InChI is InChI=1S/C21H22F2N4O3/c1-10-8-24-19(29)13-4-3-12(7-16(13)30-10)17-14-5-6-21(22,23)18(14)26-20(25-17)27-9-15(28)11(27)2/h3-4,7,10-11,15,28H,5-6,8-9H2,1-2H3,(H,24,29)/t10-,11-,15+/m0/s1. The number of aliphatic hydroxyl groups is 1. The number of carbonyl (C=O) groups is 1. The van der Waals surface area contributed by atoms with Crippen molar-refractivity contribution in [3.8, 4) is 17.0 Å². The molecule has 1 amide bonds. The fraction of sp³-hybridized carbons (Fsp3) is 0.476. The first kappa shape index (κ1) is 19.2. The number of aromatic nitrogens is 2. The van der Waals surface area contributed by atoms with Crippen molar-refractivity contribution >= 4 is 11.9 Å². The highest BCUT2D eigenvalue weighted by atomic mass is 19.3. The number of amides is 1. The fourth-order valence-electron chi connectivity index (χ4n) is 4.18. The Kier molecular flexibility index (Phi) is 4.22. The maximum absolute atomic E-state index is 14.6. The summed E-state index contributed by atoms with van der Waals surface area (Å²) in [6.07, 6.45) is -0.895. The van der Waals surface area contributed by atoms with Crippen LogP contribution >= 0.6 is 0 Å². The number of benzene rings is 1. The van der Waals surface area contributed by atoms with Gasteiger partial charge in [-0.3, -0.25) is 4.79 Å². The Morgan fingerprint density at radius 2 is 2.10 bits per heavy atom. The molecule has 0 radical (unpaired) electrons. The maximum Gasteiger partial charge on any atom is 0.290 e. The van der Waals surface area contributed by atoms with E-state index in [4.69, 9.17) is 4.74 Å². The monoisotopic (exact) mass is 416 g/mol. The average Bonchev–Trinajstić information content (AvgIpc) is 2.95. The summed E-state index contributed by atoms with van der Waals surface area (Å²) in [5.74, 6) is -2.67. The van der Waals surface area contributed by atoms with Gasteiger partial charge in [0.1, 0.15) is 17.5 Å². The van der Waals surface area contributed by atoms with Crippen LogP contribution in [0, 0.1) is 0 Å². The first-order valence-corrected chi connectivity index (χ1v) is 10.1. The van der Waals surface area contributed by atoms with Crippen LogP contribution in [0.4, 0.5) is 14.7 Å². The van der Waals surface area contributed by atoms with Crippen molar-refractivity contribution in [2.45, 2.75) is 50.9 Å². The quantitative estimate of drug-likeness (QED) is 0.781. The minimum absolute atomic E-state index is 0.172. The van der Waals surface area contributed by atoms with E-state index in [1.165, 1.54) is 0 Å². The second-order valence-electron chi connectivity index (χ2n) is 8.21. The summed E-state index contributed by atoms with van der Waals surface area (Å²) in [5.41, 5.74) is 1.59. The topological polar surface area (TPSA) is 87.6 Å². The van der Waals surface area contributed by atoms with Crippen LogP contribution in [-0.4, -0.2) is 52.3 Å². The molecule has 2 aliphatic heterocycles. The summed E-state index contributed by atoms with van der Waals surface area (Å²) in [6.45, 7) is 4.34. The summed E-state index contributed by atoms with van der Waals surface area (Å²) in [7, 11) is 0. The number of hydrogen-bond donors (Lipinski definition) is 2. The van der Waals surface area contributed by atoms with Crippen LogP contribution < -0.4 is 15.0 Å². The van der Waals surface area contributed by atoms with Gasteiger partial charge in [0.25, 0.3) is 11.8 Å². The molecule has 0 unspecified atom stereocenters. The van der Waals surface area contributed by atoms with E-state index in [1.54, 1.807) is 30.0 Å². The Bertz CT molecular complexity index is 1050. The molecule has 5 rings (SSSR count). The van der Waals surface area contributed by atoms with Crippen LogP contribution in [0.2, 0.25) is 0 Å². The number of aliphatic hydroxyl groups excluding tert-OH is 1. The molecule has 1 aromatic carbocycles. The third-order valence-corrected chi connectivity index (χ3v) is 6.10. The van der Waals surface area contributed by atoms with Gasteiger partial charge in [0.05, 0.1) is 29.9 Å². The van der Waals surface area contributed by atoms with Crippen molar-refractivity contribution < 1.29 is 23.4 Å². The number of halogens is 2. The Labute approximate surface area is 172 Å². The highest BCUT2D eigenvalue weighted by molar-refractivity contribution is 5.98. The molecule has 3 atom stereocenters. The minimum Gasteiger partial charge on any atom is -0.488 e. The first-order valence-electron chi connectivity index (χ1n) is 10.1. The predicted molar refractivity (Wildman–Crippen MR) is 105 cm³/mol. The van der Waals surface area contributed by atoms with E-state index < -0.39 is 12.0 Å². The van der Waals surface area contributed by atoms with Gasteiger partial charge in [0.15, 0.2) is 0 Å². The minimum atomic E-state index is -3.02. The van der Waals surface area contributed by atoms with Crippen LogP contribution in [-0.2, 0) is 12.3 Å². The van der Waals surface area contributed by atoms with E-state index in [0.717, 1.165) is 0 Å². The smallest absolute Gasteiger partial charge is 0.290 e. The lowest BCUT2D eigenvalue weighted by molar-refractivity contribution is -0.00603. The second-order valence-corrected chi connectivity index (χ2v) is 8.21. The first-order chi connectivity index (χ1) is 14.2. The van der Waals surface area contributed by atoms with Crippen LogP contribution in [0.5, 0.6) is 5.75 Å². The second kappa shape index (κ2) is 6.60. The lowest BCUT2D eigenvalue weighted by atomic mass is 10.0. The van der Waals surface area contributed by atoms with E-state index >= 15 is 0 Å². The van der Waals surface area contributed by atoms with Crippen LogP contribution in [0.3, 0.4) is 0 Å². The molecule has 7 nitrogen and oxygen atoms in total. The Morgan fingerprint density at radius 1 is 1.30 bits per heavy atom. The van der Waals surface area contributed by atoms with E-state index in [-0.39, 0.29) is 42.5 Å². The van der Waals surface area contributed by atoms with Crippen molar-refractivity contribution in [3.63, 3.8) is 0 Å². The molecule has 0 saturated carbocycles. The summed E-state index contributed by atoms with van der Waals surface area (Å²) in [4.78, 5) is 22.8. The summed E-state index contributed by atoms with van der Waals surface area (Å²) >= 11 is 0. The van der Waals surface area contributed by atoms with Crippen LogP contribution in [0.15, 0.2) is 18.2 Å². The molecular formula is C21H22F2N4O3. The highest BCUT2D eigenvalue weighted by Crippen LogP contribution is 2.45. The molecule has 30 heavy (non-hydrogen) atoms. The number of β-amino-alcohol motifs (C(OH)–C–C–N with tert-alkyl or cyclic N) is 1.